The van der Waals surface area contributed by atoms with Crippen molar-refractivity contribution in [1.29, 1.82) is 0 Å². The van der Waals surface area contributed by atoms with Crippen molar-refractivity contribution in [3.05, 3.63) is 42.5 Å². The highest BCUT2D eigenvalue weighted by atomic mass is 16.2. The average Bonchev–Trinajstić information content (AvgIpc) is 2.87. The van der Waals surface area contributed by atoms with Crippen molar-refractivity contribution in [1.82, 2.24) is 10.2 Å². The number of carbonyl (C=O) groups excluding carboxylic acids is 1. The molecule has 4 heteroatoms. The summed E-state index contributed by atoms with van der Waals surface area (Å²) in [5, 5.41) is 8.35. The molecule has 0 radical (unpaired) electrons. The first-order valence-corrected chi connectivity index (χ1v) is 9.31. The average molecular weight is 339 g/mol. The van der Waals surface area contributed by atoms with E-state index in [4.69, 9.17) is 0 Å². The first-order valence-electron chi connectivity index (χ1n) is 9.31. The van der Waals surface area contributed by atoms with E-state index in [1.807, 2.05) is 30.3 Å². The van der Waals surface area contributed by atoms with E-state index in [9.17, 15) is 4.79 Å². The smallest absolute Gasteiger partial charge is 0.319 e. The van der Waals surface area contributed by atoms with E-state index >= 15 is 0 Å². The Labute approximate surface area is 150 Å². The summed E-state index contributed by atoms with van der Waals surface area (Å²) in [5.74, 6) is 0. The normalized spacial score (nSPS) is 17.2. The Morgan fingerprint density at radius 2 is 1.68 bits per heavy atom. The molecule has 4 nitrogen and oxygen atoms in total. The van der Waals surface area contributed by atoms with E-state index < -0.39 is 0 Å². The largest absolute Gasteiger partial charge is 0.336 e. The Hall–Kier alpha value is -2.07. The topological polar surface area (TPSA) is 44.4 Å². The molecule has 0 aromatic heterocycles. The number of nitrogens with one attached hydrogen (secondary N) is 2. The SMILES string of the molecule is CN(C)C1(CNC(=O)Nc2cccc3ccccc23)CCCCCC1. The van der Waals surface area contributed by atoms with Crippen molar-refractivity contribution in [2.45, 2.75) is 44.1 Å². The van der Waals surface area contributed by atoms with Gasteiger partial charge in [-0.1, -0.05) is 62.1 Å². The zero-order valence-corrected chi connectivity index (χ0v) is 15.3. The van der Waals surface area contributed by atoms with Gasteiger partial charge in [-0.2, -0.15) is 0 Å². The predicted octanol–water partition coefficient (Wildman–Crippen LogP) is 4.62. The highest BCUT2D eigenvalue weighted by molar-refractivity contribution is 6.01. The van der Waals surface area contributed by atoms with Crippen LogP contribution in [0.1, 0.15) is 38.5 Å². The fraction of sp³-hybridized carbons (Fsp3) is 0.476. The van der Waals surface area contributed by atoms with E-state index in [0.717, 1.165) is 29.3 Å². The third kappa shape index (κ3) is 4.13. The Bertz CT molecular complexity index is 713. The Kier molecular flexibility index (Phi) is 5.59. The highest BCUT2D eigenvalue weighted by Gasteiger charge is 2.33. The minimum atomic E-state index is -0.123. The summed E-state index contributed by atoms with van der Waals surface area (Å²) in [4.78, 5) is 14.8. The van der Waals surface area contributed by atoms with E-state index in [1.165, 1.54) is 25.7 Å². The molecule has 2 aromatic carbocycles. The van der Waals surface area contributed by atoms with Crippen LogP contribution in [0.5, 0.6) is 0 Å². The second-order valence-electron chi connectivity index (χ2n) is 7.37. The minimum absolute atomic E-state index is 0.0760. The number of fused-ring (bicyclic) bond motifs is 1. The van der Waals surface area contributed by atoms with Gasteiger partial charge in [0.25, 0.3) is 0 Å². The highest BCUT2D eigenvalue weighted by Crippen LogP contribution is 2.30. The molecule has 0 atom stereocenters. The quantitative estimate of drug-likeness (QED) is 0.799. The monoisotopic (exact) mass is 339 g/mol. The first-order chi connectivity index (χ1) is 12.1. The summed E-state index contributed by atoms with van der Waals surface area (Å²) in [6, 6.07) is 14.0. The standard InChI is InChI=1S/C21H29N3O/c1-24(2)21(14-7-3-4-8-15-21)16-22-20(25)23-19-13-9-11-17-10-5-6-12-18(17)19/h5-6,9-13H,3-4,7-8,14-16H2,1-2H3,(H2,22,23,25). The molecule has 1 saturated carbocycles. The fourth-order valence-electron chi connectivity index (χ4n) is 3.91. The van der Waals surface area contributed by atoms with Gasteiger partial charge in [-0.25, -0.2) is 4.79 Å². The Morgan fingerprint density at radius 3 is 2.40 bits per heavy atom. The number of carbonyl (C=O) groups is 1. The Morgan fingerprint density at radius 1 is 1.00 bits per heavy atom. The number of hydrogen-bond donors (Lipinski definition) is 2. The minimum Gasteiger partial charge on any atom is -0.336 e. The van der Waals surface area contributed by atoms with Gasteiger partial charge in [0.15, 0.2) is 0 Å². The van der Waals surface area contributed by atoms with Gasteiger partial charge < -0.3 is 15.5 Å². The maximum Gasteiger partial charge on any atom is 0.319 e. The number of anilines is 1. The second kappa shape index (κ2) is 7.87. The molecule has 3 rings (SSSR count). The third-order valence-electron chi connectivity index (χ3n) is 5.60. The van der Waals surface area contributed by atoms with Crippen molar-refractivity contribution in [2.75, 3.05) is 26.0 Å². The van der Waals surface area contributed by atoms with Crippen LogP contribution in [-0.4, -0.2) is 37.1 Å². The van der Waals surface area contributed by atoms with Gasteiger partial charge in [-0.3, -0.25) is 0 Å². The molecule has 2 amide bonds. The summed E-state index contributed by atoms with van der Waals surface area (Å²) in [7, 11) is 4.27. The molecule has 0 aliphatic heterocycles. The third-order valence-corrected chi connectivity index (χ3v) is 5.60. The van der Waals surface area contributed by atoms with Crippen LogP contribution in [0, 0.1) is 0 Å². The van der Waals surface area contributed by atoms with Gasteiger partial charge in [-0.05, 0) is 38.4 Å². The van der Waals surface area contributed by atoms with E-state index in [-0.39, 0.29) is 11.6 Å². The molecule has 0 bridgehead atoms. The zero-order valence-electron chi connectivity index (χ0n) is 15.3. The molecule has 2 aromatic rings. The van der Waals surface area contributed by atoms with Gasteiger partial charge in [0, 0.05) is 17.5 Å². The lowest BCUT2D eigenvalue weighted by atomic mass is 9.89. The molecule has 0 spiro atoms. The van der Waals surface area contributed by atoms with Gasteiger partial charge in [0.2, 0.25) is 0 Å². The number of benzene rings is 2. The summed E-state index contributed by atoms with van der Waals surface area (Å²) in [5.41, 5.74) is 0.933. The molecule has 1 fully saturated rings. The summed E-state index contributed by atoms with van der Waals surface area (Å²) in [6.45, 7) is 0.691. The van der Waals surface area contributed by atoms with E-state index in [1.54, 1.807) is 0 Å². The van der Waals surface area contributed by atoms with Crippen LogP contribution in [0.3, 0.4) is 0 Å². The predicted molar refractivity (Wildman–Crippen MR) is 105 cm³/mol. The van der Waals surface area contributed by atoms with Crippen LogP contribution < -0.4 is 10.6 Å². The van der Waals surface area contributed by atoms with Crippen LogP contribution in [0.15, 0.2) is 42.5 Å². The van der Waals surface area contributed by atoms with Gasteiger partial charge in [0.05, 0.1) is 5.69 Å². The lowest BCUT2D eigenvalue weighted by Gasteiger charge is -2.39. The molecule has 2 N–H and O–H groups in total. The van der Waals surface area contributed by atoms with Crippen molar-refractivity contribution in [2.24, 2.45) is 0 Å². The summed E-state index contributed by atoms with van der Waals surface area (Å²) >= 11 is 0. The number of rotatable bonds is 4. The van der Waals surface area contributed by atoms with Gasteiger partial charge in [0.1, 0.15) is 0 Å². The molecule has 1 aliphatic rings. The lowest BCUT2D eigenvalue weighted by Crippen LogP contribution is -2.53. The summed E-state index contributed by atoms with van der Waals surface area (Å²) < 4.78 is 0. The molecular formula is C21H29N3O. The molecule has 134 valence electrons. The van der Waals surface area contributed by atoms with Crippen LogP contribution in [0.4, 0.5) is 10.5 Å². The number of urea groups is 1. The van der Waals surface area contributed by atoms with Crippen LogP contribution >= 0.6 is 0 Å². The van der Waals surface area contributed by atoms with Crippen LogP contribution in [0.2, 0.25) is 0 Å². The summed E-state index contributed by atoms with van der Waals surface area (Å²) in [6.07, 6.45) is 7.38. The Balaban J connectivity index is 1.67. The number of likely N-dealkylation sites (N-methyl/N-ethyl adjacent to an activating group) is 1. The number of nitrogens with zero attached hydrogens (tertiary/aromatic N) is 1. The molecular weight excluding hydrogens is 310 g/mol. The fourth-order valence-corrected chi connectivity index (χ4v) is 3.91. The lowest BCUT2D eigenvalue weighted by molar-refractivity contribution is 0.129. The van der Waals surface area contributed by atoms with E-state index in [2.05, 4.69) is 41.8 Å². The van der Waals surface area contributed by atoms with Crippen LogP contribution in [0.25, 0.3) is 10.8 Å². The van der Waals surface area contributed by atoms with Crippen molar-refractivity contribution >= 4 is 22.5 Å². The molecule has 0 heterocycles. The number of amides is 2. The van der Waals surface area contributed by atoms with E-state index in [0.29, 0.717) is 6.54 Å². The molecule has 0 unspecified atom stereocenters. The van der Waals surface area contributed by atoms with Crippen molar-refractivity contribution in [3.8, 4) is 0 Å². The second-order valence-corrected chi connectivity index (χ2v) is 7.37. The van der Waals surface area contributed by atoms with Crippen molar-refractivity contribution < 1.29 is 4.79 Å². The maximum atomic E-state index is 12.5. The molecule has 25 heavy (non-hydrogen) atoms. The van der Waals surface area contributed by atoms with Crippen LogP contribution in [-0.2, 0) is 0 Å². The van der Waals surface area contributed by atoms with Crippen molar-refractivity contribution in [3.63, 3.8) is 0 Å². The van der Waals surface area contributed by atoms with Gasteiger partial charge in [-0.15, -0.1) is 0 Å². The zero-order chi connectivity index (χ0) is 17.7. The molecule has 0 saturated heterocycles. The first kappa shape index (κ1) is 17.7. The molecule has 1 aliphatic carbocycles. The number of hydrogen-bond acceptors (Lipinski definition) is 2. The van der Waals surface area contributed by atoms with Gasteiger partial charge >= 0.3 is 6.03 Å². The maximum absolute atomic E-state index is 12.5.